The Kier molecular flexibility index (Phi) is 5.88. The van der Waals surface area contributed by atoms with Crippen molar-refractivity contribution in [1.82, 2.24) is 15.2 Å². The number of aliphatic hydroxyl groups is 1. The van der Waals surface area contributed by atoms with E-state index in [4.69, 9.17) is 0 Å². The standard InChI is InChI=1S/C13H23N3O2/c1-4-11(17)7-8-14-9-10-5-6-12(15-10)13(18)16(2)3/h5-6,11,14-15,17H,4,7-9H2,1-3H3. The summed E-state index contributed by atoms with van der Waals surface area (Å²) in [4.78, 5) is 16.3. The van der Waals surface area contributed by atoms with Crippen molar-refractivity contribution < 1.29 is 9.90 Å². The molecule has 1 atom stereocenters. The van der Waals surface area contributed by atoms with Crippen molar-refractivity contribution in [3.8, 4) is 0 Å². The molecule has 1 amide bonds. The van der Waals surface area contributed by atoms with Crippen LogP contribution >= 0.6 is 0 Å². The molecular weight excluding hydrogens is 230 g/mol. The van der Waals surface area contributed by atoms with Gasteiger partial charge in [-0.25, -0.2) is 0 Å². The van der Waals surface area contributed by atoms with Gasteiger partial charge in [-0.1, -0.05) is 6.92 Å². The molecule has 0 aliphatic heterocycles. The first kappa shape index (κ1) is 14.7. The fraction of sp³-hybridized carbons (Fsp3) is 0.615. The minimum atomic E-state index is -0.230. The number of hydrogen-bond acceptors (Lipinski definition) is 3. The van der Waals surface area contributed by atoms with Crippen LogP contribution in [0.2, 0.25) is 0 Å². The quantitative estimate of drug-likeness (QED) is 0.634. The molecule has 1 unspecified atom stereocenters. The third-order valence-corrected chi connectivity index (χ3v) is 2.82. The van der Waals surface area contributed by atoms with Gasteiger partial charge in [0.1, 0.15) is 5.69 Å². The number of rotatable bonds is 7. The fourth-order valence-corrected chi connectivity index (χ4v) is 1.60. The molecule has 0 bridgehead atoms. The summed E-state index contributed by atoms with van der Waals surface area (Å²) in [6.45, 7) is 3.41. The third kappa shape index (κ3) is 4.50. The molecule has 1 aromatic heterocycles. The SMILES string of the molecule is CCC(O)CCNCc1ccc(C(=O)N(C)C)[nH]1. The van der Waals surface area contributed by atoms with Crippen LogP contribution in [-0.4, -0.2) is 47.6 Å². The number of aliphatic hydroxyl groups excluding tert-OH is 1. The second-order valence-corrected chi connectivity index (χ2v) is 4.62. The number of H-pyrrole nitrogens is 1. The molecule has 0 spiro atoms. The maximum absolute atomic E-state index is 11.7. The molecule has 0 aliphatic carbocycles. The Morgan fingerprint density at radius 2 is 2.22 bits per heavy atom. The molecule has 1 rings (SSSR count). The van der Waals surface area contributed by atoms with Gasteiger partial charge in [0, 0.05) is 26.3 Å². The van der Waals surface area contributed by atoms with Gasteiger partial charge in [-0.15, -0.1) is 0 Å². The van der Waals surface area contributed by atoms with Crippen molar-refractivity contribution in [2.45, 2.75) is 32.4 Å². The predicted octanol–water partition coefficient (Wildman–Crippen LogP) is 0.967. The zero-order valence-electron chi connectivity index (χ0n) is 11.4. The van der Waals surface area contributed by atoms with Crippen LogP contribution in [0, 0.1) is 0 Å². The highest BCUT2D eigenvalue weighted by atomic mass is 16.3. The van der Waals surface area contributed by atoms with Crippen LogP contribution in [0.3, 0.4) is 0 Å². The van der Waals surface area contributed by atoms with Gasteiger partial charge >= 0.3 is 0 Å². The van der Waals surface area contributed by atoms with Gasteiger partial charge in [0.15, 0.2) is 0 Å². The van der Waals surface area contributed by atoms with Gasteiger partial charge in [0.05, 0.1) is 6.10 Å². The average Bonchev–Trinajstić information content (AvgIpc) is 2.81. The van der Waals surface area contributed by atoms with Crippen LogP contribution in [0.15, 0.2) is 12.1 Å². The minimum Gasteiger partial charge on any atom is -0.393 e. The maximum Gasteiger partial charge on any atom is 0.269 e. The highest BCUT2D eigenvalue weighted by Crippen LogP contribution is 2.04. The van der Waals surface area contributed by atoms with Gasteiger partial charge in [0.2, 0.25) is 0 Å². The van der Waals surface area contributed by atoms with Crippen molar-refractivity contribution in [2.24, 2.45) is 0 Å². The summed E-state index contributed by atoms with van der Waals surface area (Å²) >= 11 is 0. The number of carbonyl (C=O) groups excluding carboxylic acids is 1. The second kappa shape index (κ2) is 7.18. The van der Waals surface area contributed by atoms with Crippen LogP contribution in [-0.2, 0) is 6.54 Å². The Morgan fingerprint density at radius 3 is 2.83 bits per heavy atom. The molecule has 102 valence electrons. The molecule has 0 aromatic carbocycles. The number of carbonyl (C=O) groups is 1. The zero-order chi connectivity index (χ0) is 13.5. The van der Waals surface area contributed by atoms with E-state index in [0.717, 1.165) is 25.1 Å². The monoisotopic (exact) mass is 253 g/mol. The summed E-state index contributed by atoms with van der Waals surface area (Å²) in [6.07, 6.45) is 1.30. The summed E-state index contributed by atoms with van der Waals surface area (Å²) in [5, 5.41) is 12.6. The van der Waals surface area contributed by atoms with E-state index in [1.807, 2.05) is 13.0 Å². The fourth-order valence-electron chi connectivity index (χ4n) is 1.60. The van der Waals surface area contributed by atoms with E-state index < -0.39 is 0 Å². The minimum absolute atomic E-state index is 0.0253. The molecule has 0 radical (unpaired) electrons. The lowest BCUT2D eigenvalue weighted by molar-refractivity contribution is 0.0822. The van der Waals surface area contributed by atoms with E-state index >= 15 is 0 Å². The first-order valence-corrected chi connectivity index (χ1v) is 6.33. The van der Waals surface area contributed by atoms with E-state index in [-0.39, 0.29) is 12.0 Å². The van der Waals surface area contributed by atoms with Gasteiger partial charge < -0.3 is 20.3 Å². The molecule has 18 heavy (non-hydrogen) atoms. The summed E-state index contributed by atoms with van der Waals surface area (Å²) in [5.41, 5.74) is 1.58. The van der Waals surface area contributed by atoms with Gasteiger partial charge in [0.25, 0.3) is 5.91 Å². The molecule has 3 N–H and O–H groups in total. The van der Waals surface area contributed by atoms with Crippen LogP contribution in [0.1, 0.15) is 35.9 Å². The lowest BCUT2D eigenvalue weighted by Gasteiger charge is -2.09. The highest BCUT2D eigenvalue weighted by Gasteiger charge is 2.09. The first-order chi connectivity index (χ1) is 8.54. The van der Waals surface area contributed by atoms with Crippen molar-refractivity contribution in [2.75, 3.05) is 20.6 Å². The molecular formula is C13H23N3O2. The molecule has 0 fully saturated rings. The van der Waals surface area contributed by atoms with Crippen molar-refractivity contribution >= 4 is 5.91 Å². The summed E-state index contributed by atoms with van der Waals surface area (Å²) in [5.74, 6) is -0.0253. The van der Waals surface area contributed by atoms with E-state index in [1.165, 1.54) is 0 Å². The molecule has 1 aromatic rings. The molecule has 1 heterocycles. The molecule has 0 saturated carbocycles. The van der Waals surface area contributed by atoms with Crippen molar-refractivity contribution in [3.05, 3.63) is 23.5 Å². The van der Waals surface area contributed by atoms with E-state index in [0.29, 0.717) is 12.2 Å². The molecule has 5 nitrogen and oxygen atoms in total. The zero-order valence-corrected chi connectivity index (χ0v) is 11.4. The largest absolute Gasteiger partial charge is 0.393 e. The Labute approximate surface area is 108 Å². The van der Waals surface area contributed by atoms with Crippen LogP contribution in [0.5, 0.6) is 0 Å². The van der Waals surface area contributed by atoms with E-state index in [2.05, 4.69) is 10.3 Å². The topological polar surface area (TPSA) is 68.4 Å². The summed E-state index contributed by atoms with van der Waals surface area (Å²) < 4.78 is 0. The Bertz CT molecular complexity index is 374. The molecule has 5 heteroatoms. The summed E-state index contributed by atoms with van der Waals surface area (Å²) in [7, 11) is 3.46. The normalized spacial score (nSPS) is 12.4. The van der Waals surface area contributed by atoms with Gasteiger partial charge in [-0.05, 0) is 31.5 Å². The highest BCUT2D eigenvalue weighted by molar-refractivity contribution is 5.92. The smallest absolute Gasteiger partial charge is 0.269 e. The van der Waals surface area contributed by atoms with Crippen molar-refractivity contribution in [3.63, 3.8) is 0 Å². The molecule has 0 saturated heterocycles. The van der Waals surface area contributed by atoms with Gasteiger partial charge in [-0.2, -0.15) is 0 Å². The number of aromatic amines is 1. The number of nitrogens with zero attached hydrogens (tertiary/aromatic N) is 1. The third-order valence-electron chi connectivity index (χ3n) is 2.82. The molecule has 0 aliphatic rings. The Hall–Kier alpha value is -1.33. The number of amides is 1. The maximum atomic E-state index is 11.7. The average molecular weight is 253 g/mol. The van der Waals surface area contributed by atoms with E-state index in [1.54, 1.807) is 25.1 Å². The summed E-state index contributed by atoms with van der Waals surface area (Å²) in [6, 6.07) is 3.69. The Morgan fingerprint density at radius 1 is 1.50 bits per heavy atom. The number of hydrogen-bond donors (Lipinski definition) is 3. The first-order valence-electron chi connectivity index (χ1n) is 6.33. The lowest BCUT2D eigenvalue weighted by Crippen LogP contribution is -2.22. The van der Waals surface area contributed by atoms with Crippen LogP contribution in [0.25, 0.3) is 0 Å². The van der Waals surface area contributed by atoms with Crippen LogP contribution < -0.4 is 5.32 Å². The number of nitrogens with one attached hydrogen (secondary N) is 2. The predicted molar refractivity (Wildman–Crippen MR) is 71.4 cm³/mol. The van der Waals surface area contributed by atoms with E-state index in [9.17, 15) is 9.90 Å². The second-order valence-electron chi connectivity index (χ2n) is 4.62. The van der Waals surface area contributed by atoms with Crippen LogP contribution in [0.4, 0.5) is 0 Å². The Balaban J connectivity index is 2.34. The lowest BCUT2D eigenvalue weighted by atomic mass is 10.2. The number of aromatic nitrogens is 1. The van der Waals surface area contributed by atoms with Crippen molar-refractivity contribution in [1.29, 1.82) is 0 Å². The van der Waals surface area contributed by atoms with Gasteiger partial charge in [-0.3, -0.25) is 4.79 Å².